The van der Waals surface area contributed by atoms with Crippen LogP contribution in [0.25, 0.3) is 12.2 Å². The van der Waals surface area contributed by atoms with E-state index in [1.165, 1.54) is 69.8 Å². The van der Waals surface area contributed by atoms with Crippen LogP contribution < -0.4 is 0 Å². The lowest BCUT2D eigenvalue weighted by molar-refractivity contribution is 0.167. The standard InChI is InChI=1S/C52H51NO2/c1-2-10-37(11-3-1)44-14-8-15-47-48-32-40(23-30-50(48)55-52(44)47)36-21-26-42(27-22-36)53(43-28-29-46-45-13-6-7-16-49(45)54-51(46)33-43)41-24-19-35(20-25-41)39-18-17-34-9-4-5-12-38(34)31-39/h1-4,6,9-10,13-14,19,21,23-24,26-32,36-37,43,48,50H,5,7-8,11-12,15-18,20,22,25,33H2. The molecule has 9 aliphatic carbocycles. The minimum absolute atomic E-state index is 0.122. The van der Waals surface area contributed by atoms with Crippen molar-refractivity contribution in [2.75, 3.05) is 0 Å². The maximum absolute atomic E-state index is 6.72. The zero-order chi connectivity index (χ0) is 36.3. The van der Waals surface area contributed by atoms with Gasteiger partial charge in [0.2, 0.25) is 0 Å². The smallest absolute Gasteiger partial charge is 0.127 e. The number of rotatable bonds is 6. The fourth-order valence-electron chi connectivity index (χ4n) is 10.8. The fraction of sp³-hybridized carbons (Fsp3) is 0.346. The number of fused-ring (bicyclic) bond motifs is 5. The van der Waals surface area contributed by atoms with E-state index in [0.717, 1.165) is 75.7 Å². The largest absolute Gasteiger partial charge is 0.485 e. The minimum Gasteiger partial charge on any atom is -0.485 e. The van der Waals surface area contributed by atoms with Gasteiger partial charge in [-0.2, -0.15) is 0 Å². The maximum Gasteiger partial charge on any atom is 0.127 e. The highest BCUT2D eigenvalue weighted by molar-refractivity contribution is 5.71. The van der Waals surface area contributed by atoms with E-state index in [9.17, 15) is 0 Å². The SMILES string of the molecule is C1=CCC(C2=CCCC3=C2OC2C=CC(C4C=CC(N(C5=CC=C(C6=CC7=C(C=CCC7)CC6)CC5)C5C=Cc6c(oc7c6C=CCC7)C5)=CC4)=CC32)C=C1. The Kier molecular flexibility index (Phi) is 8.44. The van der Waals surface area contributed by atoms with Gasteiger partial charge in [-0.25, -0.2) is 0 Å². The lowest BCUT2D eigenvalue weighted by Gasteiger charge is -2.38. The minimum atomic E-state index is 0.122. The average molecular weight is 722 g/mol. The fourth-order valence-corrected chi connectivity index (χ4v) is 10.8. The maximum atomic E-state index is 6.72. The second-order valence-corrected chi connectivity index (χ2v) is 16.9. The van der Waals surface area contributed by atoms with Gasteiger partial charge in [-0.3, -0.25) is 0 Å². The van der Waals surface area contributed by atoms with Crippen LogP contribution >= 0.6 is 0 Å². The van der Waals surface area contributed by atoms with Crippen LogP contribution in [0.2, 0.25) is 0 Å². The number of aryl methyl sites for hydroxylation is 1. The number of furan rings is 1. The molecule has 2 heterocycles. The third-order valence-electron chi connectivity index (χ3n) is 13.7. The van der Waals surface area contributed by atoms with Crippen molar-refractivity contribution in [1.29, 1.82) is 0 Å². The van der Waals surface area contributed by atoms with E-state index in [2.05, 4.69) is 126 Å². The Morgan fingerprint density at radius 1 is 0.636 bits per heavy atom. The zero-order valence-corrected chi connectivity index (χ0v) is 31.9. The molecule has 0 bridgehead atoms. The topological polar surface area (TPSA) is 25.6 Å². The van der Waals surface area contributed by atoms with Crippen LogP contribution in [0.15, 0.2) is 170 Å². The lowest BCUT2D eigenvalue weighted by atomic mass is 9.78. The normalized spacial score (nSPS) is 29.9. The van der Waals surface area contributed by atoms with Crippen molar-refractivity contribution in [3.8, 4) is 0 Å². The molecular weight excluding hydrogens is 671 g/mol. The first-order valence-electron chi connectivity index (χ1n) is 21.2. The van der Waals surface area contributed by atoms with E-state index >= 15 is 0 Å². The Morgan fingerprint density at radius 2 is 1.56 bits per heavy atom. The van der Waals surface area contributed by atoms with Crippen LogP contribution in [0.4, 0.5) is 0 Å². The van der Waals surface area contributed by atoms with Gasteiger partial charge in [-0.1, -0.05) is 103 Å². The van der Waals surface area contributed by atoms with E-state index in [-0.39, 0.29) is 12.1 Å². The molecule has 0 aromatic carbocycles. The summed E-state index contributed by atoms with van der Waals surface area (Å²) in [5, 5.41) is 0. The van der Waals surface area contributed by atoms with Crippen LogP contribution in [-0.4, -0.2) is 17.0 Å². The second kappa shape index (κ2) is 13.9. The number of nitrogens with zero attached hydrogens (tertiary/aromatic N) is 1. The van der Waals surface area contributed by atoms with Crippen molar-refractivity contribution in [2.45, 2.75) is 95.6 Å². The summed E-state index contributed by atoms with van der Waals surface area (Å²) in [6, 6.07) is 0.215. The summed E-state index contributed by atoms with van der Waals surface area (Å²) in [6.07, 6.45) is 61.8. The highest BCUT2D eigenvalue weighted by Gasteiger charge is 2.40. The quantitative estimate of drug-likeness (QED) is 0.292. The molecule has 0 N–H and O–H groups in total. The molecule has 1 aromatic heterocycles. The molecule has 5 atom stereocenters. The molecule has 0 radical (unpaired) electrons. The van der Waals surface area contributed by atoms with Gasteiger partial charge in [0.25, 0.3) is 0 Å². The molecule has 0 amide bonds. The molecular formula is C52H51NO2. The molecule has 3 heteroatoms. The van der Waals surface area contributed by atoms with Gasteiger partial charge in [-0.05, 0) is 128 Å². The summed E-state index contributed by atoms with van der Waals surface area (Å²) in [7, 11) is 0. The van der Waals surface area contributed by atoms with E-state index < -0.39 is 0 Å². The molecule has 276 valence electrons. The van der Waals surface area contributed by atoms with Gasteiger partial charge in [0, 0.05) is 53.1 Å². The molecule has 0 spiro atoms. The first-order chi connectivity index (χ1) is 27.2. The van der Waals surface area contributed by atoms with Crippen molar-refractivity contribution >= 4 is 12.2 Å². The van der Waals surface area contributed by atoms with Crippen molar-refractivity contribution in [1.82, 2.24) is 4.90 Å². The summed E-state index contributed by atoms with van der Waals surface area (Å²) >= 11 is 0. The van der Waals surface area contributed by atoms with Gasteiger partial charge in [0.15, 0.2) is 0 Å². The Balaban J connectivity index is 0.867. The summed E-state index contributed by atoms with van der Waals surface area (Å²) in [6.45, 7) is 0. The molecule has 55 heavy (non-hydrogen) atoms. The number of hydrogen-bond donors (Lipinski definition) is 0. The number of ether oxygens (including phenoxy) is 1. The van der Waals surface area contributed by atoms with Crippen LogP contribution in [0.1, 0.15) is 93.3 Å². The Morgan fingerprint density at radius 3 is 2.45 bits per heavy atom. The van der Waals surface area contributed by atoms with Crippen molar-refractivity contribution < 1.29 is 9.15 Å². The van der Waals surface area contributed by atoms with Crippen molar-refractivity contribution in [3.63, 3.8) is 0 Å². The Labute approximate surface area is 326 Å². The van der Waals surface area contributed by atoms with Gasteiger partial charge in [0.05, 0.1) is 6.04 Å². The van der Waals surface area contributed by atoms with E-state index in [1.807, 2.05) is 0 Å². The summed E-state index contributed by atoms with van der Waals surface area (Å²) < 4.78 is 13.3. The first kappa shape index (κ1) is 33.3. The van der Waals surface area contributed by atoms with E-state index in [1.54, 1.807) is 16.7 Å². The van der Waals surface area contributed by atoms with Gasteiger partial charge in [-0.15, -0.1) is 0 Å². The van der Waals surface area contributed by atoms with Gasteiger partial charge >= 0.3 is 0 Å². The molecule has 1 aromatic rings. The molecule has 0 fully saturated rings. The first-order valence-corrected chi connectivity index (χ1v) is 21.2. The van der Waals surface area contributed by atoms with Gasteiger partial charge in [0.1, 0.15) is 23.4 Å². The van der Waals surface area contributed by atoms with E-state index in [0.29, 0.717) is 17.8 Å². The summed E-state index contributed by atoms with van der Waals surface area (Å²) in [5.41, 5.74) is 15.9. The molecule has 0 saturated carbocycles. The third kappa shape index (κ3) is 6.02. The average Bonchev–Trinajstić information content (AvgIpc) is 3.82. The summed E-state index contributed by atoms with van der Waals surface area (Å²) in [4.78, 5) is 2.65. The molecule has 1 aliphatic heterocycles. The van der Waals surface area contributed by atoms with Crippen LogP contribution in [0.5, 0.6) is 0 Å². The van der Waals surface area contributed by atoms with Gasteiger partial charge < -0.3 is 14.1 Å². The number of hydrogen-bond acceptors (Lipinski definition) is 3. The predicted molar refractivity (Wildman–Crippen MR) is 224 cm³/mol. The third-order valence-corrected chi connectivity index (χ3v) is 13.7. The number of allylic oxidation sites excluding steroid dienone is 22. The lowest BCUT2D eigenvalue weighted by Crippen LogP contribution is -2.36. The van der Waals surface area contributed by atoms with Crippen molar-refractivity contribution in [2.24, 2.45) is 17.8 Å². The van der Waals surface area contributed by atoms with Crippen LogP contribution in [-0.2, 0) is 17.6 Å². The van der Waals surface area contributed by atoms with E-state index in [4.69, 9.17) is 9.15 Å². The zero-order valence-electron chi connectivity index (χ0n) is 31.9. The monoisotopic (exact) mass is 721 g/mol. The molecule has 0 saturated heterocycles. The molecule has 11 rings (SSSR count). The van der Waals surface area contributed by atoms with Crippen molar-refractivity contribution in [3.05, 3.63) is 188 Å². The highest BCUT2D eigenvalue weighted by atomic mass is 16.5. The highest BCUT2D eigenvalue weighted by Crippen LogP contribution is 2.48. The summed E-state index contributed by atoms with van der Waals surface area (Å²) in [5.74, 6) is 4.64. The second-order valence-electron chi connectivity index (χ2n) is 16.9. The molecule has 3 nitrogen and oxygen atoms in total. The van der Waals surface area contributed by atoms with Crippen LogP contribution in [0, 0.1) is 17.8 Å². The molecule has 10 aliphatic rings. The Hall–Kier alpha value is -5.02. The molecule has 5 unspecified atom stereocenters. The Bertz CT molecular complexity index is 2300. The predicted octanol–water partition coefficient (Wildman–Crippen LogP) is 12.5. The van der Waals surface area contributed by atoms with Crippen LogP contribution in [0.3, 0.4) is 0 Å².